The number of halogens is 1. The number of anilines is 1. The molecule has 26 heavy (non-hydrogen) atoms. The molecule has 0 bridgehead atoms. The molecule has 8 nitrogen and oxygen atoms in total. The molecule has 0 spiro atoms. The number of carbonyl (C=O) groups excluding carboxylic acids is 1. The fourth-order valence-corrected chi connectivity index (χ4v) is 4.22. The molecular weight excluding hydrogens is 380 g/mol. The minimum atomic E-state index is -3.55. The van der Waals surface area contributed by atoms with E-state index < -0.39 is 10.0 Å². The third kappa shape index (κ3) is 4.29. The summed E-state index contributed by atoms with van der Waals surface area (Å²) in [6, 6.07) is 6.08. The van der Waals surface area contributed by atoms with Crippen molar-refractivity contribution in [3.63, 3.8) is 0 Å². The maximum absolute atomic E-state index is 12.6. The van der Waals surface area contributed by atoms with Crippen molar-refractivity contribution in [2.75, 3.05) is 25.0 Å². The molecule has 0 atom stereocenters. The van der Waals surface area contributed by atoms with Gasteiger partial charge in [0, 0.05) is 31.6 Å². The number of rotatable bonds is 6. The second-order valence-corrected chi connectivity index (χ2v) is 8.21. The molecule has 2 aromatic rings. The zero-order valence-corrected chi connectivity index (χ0v) is 15.5. The summed E-state index contributed by atoms with van der Waals surface area (Å²) in [5.41, 5.74) is 0.550. The van der Waals surface area contributed by atoms with Crippen LogP contribution in [0.4, 0.5) is 5.69 Å². The molecule has 2 heterocycles. The summed E-state index contributed by atoms with van der Waals surface area (Å²) in [5.74, 6) is 0.173. The minimum Gasteiger partial charge on any atom is -0.476 e. The highest BCUT2D eigenvalue weighted by Crippen LogP contribution is 2.26. The fourth-order valence-electron chi connectivity index (χ4n) is 2.49. The van der Waals surface area contributed by atoms with Crippen LogP contribution in [0.2, 0.25) is 5.15 Å². The van der Waals surface area contributed by atoms with E-state index in [1.165, 1.54) is 35.8 Å². The third-order valence-electron chi connectivity index (χ3n) is 3.79. The normalized spacial score (nSPS) is 15.3. The Bertz CT molecular complexity index is 899. The van der Waals surface area contributed by atoms with Crippen LogP contribution >= 0.6 is 11.6 Å². The number of amides is 1. The van der Waals surface area contributed by atoms with Gasteiger partial charge < -0.3 is 10.1 Å². The number of ether oxygens (including phenoxy) is 1. The van der Waals surface area contributed by atoms with Gasteiger partial charge in [-0.2, -0.15) is 9.29 Å². The van der Waals surface area contributed by atoms with E-state index in [2.05, 4.69) is 15.3 Å². The van der Waals surface area contributed by atoms with E-state index in [1.54, 1.807) is 12.1 Å². The van der Waals surface area contributed by atoms with Crippen LogP contribution in [-0.4, -0.2) is 48.3 Å². The van der Waals surface area contributed by atoms with Crippen LogP contribution in [0, 0.1) is 5.92 Å². The number of hydrogen-bond donors (Lipinski definition) is 1. The van der Waals surface area contributed by atoms with Crippen molar-refractivity contribution in [1.82, 2.24) is 14.3 Å². The Morgan fingerprint density at radius 2 is 2.00 bits per heavy atom. The Hall–Kier alpha value is -2.23. The number of nitrogens with zero attached hydrogens (tertiary/aromatic N) is 3. The van der Waals surface area contributed by atoms with Gasteiger partial charge in [0.05, 0.1) is 23.9 Å². The first-order valence-corrected chi connectivity index (χ1v) is 9.64. The van der Waals surface area contributed by atoms with Gasteiger partial charge in [0.2, 0.25) is 21.8 Å². The van der Waals surface area contributed by atoms with Crippen molar-refractivity contribution >= 4 is 33.2 Å². The number of nitrogens with one attached hydrogen (secondary N) is 1. The van der Waals surface area contributed by atoms with Crippen molar-refractivity contribution in [1.29, 1.82) is 0 Å². The molecule has 138 valence electrons. The molecule has 10 heteroatoms. The van der Waals surface area contributed by atoms with E-state index in [0.717, 1.165) is 0 Å². The van der Waals surface area contributed by atoms with E-state index in [9.17, 15) is 13.2 Å². The Morgan fingerprint density at radius 3 is 2.62 bits per heavy atom. The molecule has 1 aliphatic rings. The van der Waals surface area contributed by atoms with E-state index in [1.807, 2.05) is 0 Å². The number of aromatic nitrogens is 2. The first-order valence-electron chi connectivity index (χ1n) is 7.83. The average Bonchev–Trinajstić information content (AvgIpc) is 2.53. The minimum absolute atomic E-state index is 0.0733. The van der Waals surface area contributed by atoms with Crippen LogP contribution in [0.15, 0.2) is 41.6 Å². The van der Waals surface area contributed by atoms with Crippen LogP contribution < -0.4 is 10.1 Å². The van der Waals surface area contributed by atoms with Crippen LogP contribution in [0.25, 0.3) is 0 Å². The molecule has 0 aliphatic carbocycles. The zero-order valence-electron chi connectivity index (χ0n) is 13.9. The molecular formula is C16H17ClN4O4S. The Labute approximate surface area is 156 Å². The lowest BCUT2D eigenvalue weighted by atomic mass is 10.1. The Balaban J connectivity index is 1.54. The van der Waals surface area contributed by atoms with E-state index in [4.69, 9.17) is 16.3 Å². The SMILES string of the molecule is CC(=O)Nc1ccc(S(=O)(=O)N2CC(COc3cncc(Cl)n3)C2)cc1. The summed E-state index contributed by atoms with van der Waals surface area (Å²) in [7, 11) is -3.55. The zero-order chi connectivity index (χ0) is 18.7. The lowest BCUT2D eigenvalue weighted by Crippen LogP contribution is -2.51. The maximum atomic E-state index is 12.6. The predicted octanol–water partition coefficient (Wildman–Crippen LogP) is 1.79. The van der Waals surface area contributed by atoms with Crippen LogP contribution in [0.1, 0.15) is 6.92 Å². The monoisotopic (exact) mass is 396 g/mol. The third-order valence-corrected chi connectivity index (χ3v) is 5.81. The first kappa shape index (κ1) is 18.6. The molecule has 1 amide bonds. The number of carbonyl (C=O) groups is 1. The second-order valence-electron chi connectivity index (χ2n) is 5.88. The summed E-state index contributed by atoms with van der Waals surface area (Å²) in [5, 5.41) is 2.84. The van der Waals surface area contributed by atoms with Crippen molar-refractivity contribution in [3.05, 3.63) is 41.8 Å². The molecule has 1 N–H and O–H groups in total. The number of hydrogen-bond acceptors (Lipinski definition) is 6. The summed E-state index contributed by atoms with van der Waals surface area (Å²) >= 11 is 5.73. The predicted molar refractivity (Wildman–Crippen MR) is 95.5 cm³/mol. The number of benzene rings is 1. The topological polar surface area (TPSA) is 101 Å². The summed E-state index contributed by atoms with van der Waals surface area (Å²) in [6.45, 7) is 2.46. The van der Waals surface area contributed by atoms with Crippen LogP contribution in [0.3, 0.4) is 0 Å². The molecule has 0 saturated carbocycles. The Kier molecular flexibility index (Phi) is 5.40. The highest BCUT2D eigenvalue weighted by atomic mass is 35.5. The van der Waals surface area contributed by atoms with Gasteiger partial charge in [-0.15, -0.1) is 0 Å². The van der Waals surface area contributed by atoms with Gasteiger partial charge in [0.25, 0.3) is 0 Å². The van der Waals surface area contributed by atoms with Gasteiger partial charge in [-0.25, -0.2) is 8.42 Å². The average molecular weight is 397 g/mol. The molecule has 1 saturated heterocycles. The quantitative estimate of drug-likeness (QED) is 0.798. The van der Waals surface area contributed by atoms with Gasteiger partial charge in [-0.05, 0) is 24.3 Å². The lowest BCUT2D eigenvalue weighted by Gasteiger charge is -2.37. The van der Waals surface area contributed by atoms with E-state index in [-0.39, 0.29) is 21.9 Å². The smallest absolute Gasteiger partial charge is 0.243 e. The second kappa shape index (κ2) is 7.56. The van der Waals surface area contributed by atoms with Crippen LogP contribution in [0.5, 0.6) is 5.88 Å². The van der Waals surface area contributed by atoms with Crippen molar-refractivity contribution < 1.29 is 17.9 Å². The standard InChI is InChI=1S/C16H17ClN4O4S/c1-11(22)19-13-2-4-14(5-3-13)26(23,24)21-8-12(9-21)10-25-16-7-18-6-15(17)20-16/h2-7,12H,8-10H2,1H3,(H,19,22). The molecule has 0 radical (unpaired) electrons. The Morgan fingerprint density at radius 1 is 1.31 bits per heavy atom. The van der Waals surface area contributed by atoms with Gasteiger partial charge in [-0.3, -0.25) is 9.78 Å². The molecule has 1 aromatic carbocycles. The summed E-state index contributed by atoms with van der Waals surface area (Å²) in [6.07, 6.45) is 2.86. The van der Waals surface area contributed by atoms with Crippen molar-refractivity contribution in [2.24, 2.45) is 5.92 Å². The maximum Gasteiger partial charge on any atom is 0.243 e. The van der Waals surface area contributed by atoms with Crippen LogP contribution in [-0.2, 0) is 14.8 Å². The molecule has 3 rings (SSSR count). The number of sulfonamides is 1. The first-order chi connectivity index (χ1) is 12.3. The summed E-state index contributed by atoms with van der Waals surface area (Å²) in [4.78, 5) is 19.0. The van der Waals surface area contributed by atoms with Gasteiger partial charge in [0.15, 0.2) is 5.15 Å². The van der Waals surface area contributed by atoms with E-state index in [0.29, 0.717) is 31.3 Å². The highest BCUT2D eigenvalue weighted by Gasteiger charge is 2.37. The summed E-state index contributed by atoms with van der Waals surface area (Å²) < 4.78 is 32.0. The van der Waals surface area contributed by atoms with Gasteiger partial charge in [0.1, 0.15) is 0 Å². The highest BCUT2D eigenvalue weighted by molar-refractivity contribution is 7.89. The fraction of sp³-hybridized carbons (Fsp3) is 0.312. The van der Waals surface area contributed by atoms with E-state index >= 15 is 0 Å². The van der Waals surface area contributed by atoms with Gasteiger partial charge in [-0.1, -0.05) is 11.6 Å². The lowest BCUT2D eigenvalue weighted by molar-refractivity contribution is -0.114. The van der Waals surface area contributed by atoms with Crippen molar-refractivity contribution in [3.8, 4) is 5.88 Å². The van der Waals surface area contributed by atoms with Gasteiger partial charge >= 0.3 is 0 Å². The largest absolute Gasteiger partial charge is 0.476 e. The van der Waals surface area contributed by atoms with Crippen molar-refractivity contribution in [2.45, 2.75) is 11.8 Å². The molecule has 1 aliphatic heterocycles. The molecule has 1 aromatic heterocycles. The molecule has 0 unspecified atom stereocenters. The molecule has 1 fully saturated rings.